The molecule has 1 aromatic carbocycles. The van der Waals surface area contributed by atoms with Crippen LogP contribution >= 0.6 is 0 Å². The quantitative estimate of drug-likeness (QED) is 0.657. The van der Waals surface area contributed by atoms with E-state index in [9.17, 15) is 0 Å². The second-order valence-electron chi connectivity index (χ2n) is 2.94. The van der Waals surface area contributed by atoms with Crippen LogP contribution in [0.5, 0.6) is 0 Å². The highest BCUT2D eigenvalue weighted by Gasteiger charge is 1.99. The summed E-state index contributed by atoms with van der Waals surface area (Å²) in [5, 5.41) is 8.72. The van der Waals surface area contributed by atoms with Crippen molar-refractivity contribution in [1.29, 1.82) is 5.26 Å². The molecule has 14 heavy (non-hydrogen) atoms. The molecular weight excluding hydrogens is 172 g/mol. The average molecular weight is 184 g/mol. The predicted octanol–water partition coefficient (Wildman–Crippen LogP) is 2.02. The van der Waals surface area contributed by atoms with Gasteiger partial charge in [0.1, 0.15) is 0 Å². The lowest BCUT2D eigenvalue weighted by atomic mass is 10.2. The van der Waals surface area contributed by atoms with Gasteiger partial charge in [-0.05, 0) is 25.1 Å². The van der Waals surface area contributed by atoms with Crippen molar-refractivity contribution in [3.8, 4) is 17.9 Å². The van der Waals surface area contributed by atoms with E-state index in [2.05, 4.69) is 17.9 Å². The second-order valence-corrected chi connectivity index (χ2v) is 2.94. The van der Waals surface area contributed by atoms with E-state index in [-0.39, 0.29) is 0 Å². The van der Waals surface area contributed by atoms with E-state index in [0.29, 0.717) is 12.1 Å². The molecule has 0 aliphatic carbocycles. The molecule has 0 atom stereocenters. The predicted molar refractivity (Wildman–Crippen MR) is 57.9 cm³/mol. The van der Waals surface area contributed by atoms with Crippen molar-refractivity contribution in [3.63, 3.8) is 0 Å². The molecule has 2 heteroatoms. The molecule has 0 fully saturated rings. The van der Waals surface area contributed by atoms with Gasteiger partial charge in [-0.25, -0.2) is 0 Å². The molecule has 0 heterocycles. The first-order valence-electron chi connectivity index (χ1n) is 4.39. The van der Waals surface area contributed by atoms with E-state index < -0.39 is 0 Å². The highest BCUT2D eigenvalue weighted by molar-refractivity contribution is 5.51. The molecule has 1 rings (SSSR count). The van der Waals surface area contributed by atoms with E-state index >= 15 is 0 Å². The molecule has 0 aliphatic heterocycles. The maximum atomic E-state index is 8.72. The van der Waals surface area contributed by atoms with Crippen LogP contribution in [-0.4, -0.2) is 13.6 Å². The lowest BCUT2D eigenvalue weighted by Gasteiger charge is -2.15. The summed E-state index contributed by atoms with van der Waals surface area (Å²) in [4.78, 5) is 2.01. The zero-order chi connectivity index (χ0) is 10.4. The monoisotopic (exact) mass is 184 g/mol. The smallest absolute Gasteiger partial charge is 0.0992 e. The third-order valence-electron chi connectivity index (χ3n) is 1.91. The van der Waals surface area contributed by atoms with E-state index in [0.717, 1.165) is 5.69 Å². The average Bonchev–Trinajstić information content (AvgIpc) is 2.26. The Hall–Kier alpha value is -1.93. The summed E-state index contributed by atoms with van der Waals surface area (Å²) in [6.07, 6.45) is 0. The maximum absolute atomic E-state index is 8.72. The maximum Gasteiger partial charge on any atom is 0.0992 e. The van der Waals surface area contributed by atoms with Crippen LogP contribution < -0.4 is 4.90 Å². The van der Waals surface area contributed by atoms with Gasteiger partial charge < -0.3 is 4.90 Å². The molecule has 0 bridgehead atoms. The fraction of sp³-hybridized carbons (Fsp3) is 0.250. The largest absolute Gasteiger partial charge is 0.363 e. The third-order valence-corrected chi connectivity index (χ3v) is 1.91. The summed E-state index contributed by atoms with van der Waals surface area (Å²) in [5.41, 5.74) is 1.70. The molecule has 0 amide bonds. The Bertz CT molecular complexity index is 404. The highest BCUT2D eigenvalue weighted by Crippen LogP contribution is 2.13. The van der Waals surface area contributed by atoms with E-state index in [1.807, 2.05) is 37.1 Å². The summed E-state index contributed by atoms with van der Waals surface area (Å²) in [7, 11) is 1.96. The number of rotatable bonds is 2. The molecule has 0 spiro atoms. The van der Waals surface area contributed by atoms with Gasteiger partial charge in [0.15, 0.2) is 0 Å². The fourth-order valence-corrected chi connectivity index (χ4v) is 1.10. The molecule has 70 valence electrons. The van der Waals surface area contributed by atoms with Crippen molar-refractivity contribution < 1.29 is 0 Å². The molecule has 0 aliphatic rings. The van der Waals surface area contributed by atoms with Crippen LogP contribution in [0.15, 0.2) is 24.3 Å². The summed E-state index contributed by atoms with van der Waals surface area (Å²) >= 11 is 0. The van der Waals surface area contributed by atoms with Gasteiger partial charge in [-0.1, -0.05) is 12.0 Å². The van der Waals surface area contributed by atoms with E-state index in [1.165, 1.54) is 0 Å². The molecule has 0 aromatic heterocycles. The number of nitrogens with zero attached hydrogens (tertiary/aromatic N) is 2. The van der Waals surface area contributed by atoms with Gasteiger partial charge >= 0.3 is 0 Å². The molecular formula is C12H12N2. The van der Waals surface area contributed by atoms with Gasteiger partial charge in [0.05, 0.1) is 18.2 Å². The standard InChI is InChI=1S/C12H12N2/c1-3-4-8-14(2)12-7-5-6-11(9-12)10-13/h5-7,9H,8H2,1-2H3. The van der Waals surface area contributed by atoms with Crippen LogP contribution in [0.4, 0.5) is 5.69 Å². The number of hydrogen-bond donors (Lipinski definition) is 0. The number of nitriles is 1. The highest BCUT2D eigenvalue weighted by atomic mass is 15.1. The summed E-state index contributed by atoms with van der Waals surface area (Å²) in [6, 6.07) is 9.62. The minimum atomic E-state index is 0.679. The lowest BCUT2D eigenvalue weighted by Crippen LogP contribution is -2.16. The zero-order valence-electron chi connectivity index (χ0n) is 8.41. The van der Waals surface area contributed by atoms with Gasteiger partial charge in [0, 0.05) is 12.7 Å². The molecule has 2 nitrogen and oxygen atoms in total. The van der Waals surface area contributed by atoms with Crippen molar-refractivity contribution in [2.75, 3.05) is 18.5 Å². The summed E-state index contributed by atoms with van der Waals surface area (Å²) in [6.45, 7) is 2.50. The first-order chi connectivity index (χ1) is 6.77. The van der Waals surface area contributed by atoms with Crippen LogP contribution in [-0.2, 0) is 0 Å². The van der Waals surface area contributed by atoms with Gasteiger partial charge in [-0.3, -0.25) is 0 Å². The third kappa shape index (κ3) is 2.54. The Balaban J connectivity index is 2.83. The zero-order valence-corrected chi connectivity index (χ0v) is 8.41. The van der Waals surface area contributed by atoms with Crippen LogP contribution in [0.3, 0.4) is 0 Å². The molecule has 0 N–H and O–H groups in total. The Morgan fingerprint density at radius 1 is 1.43 bits per heavy atom. The van der Waals surface area contributed by atoms with Gasteiger partial charge in [-0.2, -0.15) is 5.26 Å². The van der Waals surface area contributed by atoms with Crippen molar-refractivity contribution in [1.82, 2.24) is 0 Å². The molecule has 0 radical (unpaired) electrons. The number of benzene rings is 1. The van der Waals surface area contributed by atoms with Crippen LogP contribution in [0, 0.1) is 23.2 Å². The first kappa shape index (κ1) is 10.2. The Kier molecular flexibility index (Phi) is 3.58. The second kappa shape index (κ2) is 4.94. The van der Waals surface area contributed by atoms with Gasteiger partial charge in [0.25, 0.3) is 0 Å². The molecule has 1 aromatic rings. The van der Waals surface area contributed by atoms with Crippen LogP contribution in [0.2, 0.25) is 0 Å². The minimum absolute atomic E-state index is 0.679. The molecule has 0 saturated carbocycles. The topological polar surface area (TPSA) is 27.0 Å². The van der Waals surface area contributed by atoms with Crippen LogP contribution in [0.25, 0.3) is 0 Å². The van der Waals surface area contributed by atoms with E-state index in [4.69, 9.17) is 5.26 Å². The van der Waals surface area contributed by atoms with Crippen molar-refractivity contribution >= 4 is 5.69 Å². The molecule has 0 unspecified atom stereocenters. The summed E-state index contributed by atoms with van der Waals surface area (Å²) < 4.78 is 0. The van der Waals surface area contributed by atoms with Gasteiger partial charge in [-0.15, -0.1) is 5.92 Å². The Morgan fingerprint density at radius 3 is 2.86 bits per heavy atom. The summed E-state index contributed by atoms with van der Waals surface area (Å²) in [5.74, 6) is 5.82. The normalized spacial score (nSPS) is 8.36. The lowest BCUT2D eigenvalue weighted by molar-refractivity contribution is 1.05. The first-order valence-corrected chi connectivity index (χ1v) is 4.39. The Morgan fingerprint density at radius 2 is 2.21 bits per heavy atom. The van der Waals surface area contributed by atoms with Crippen molar-refractivity contribution in [2.24, 2.45) is 0 Å². The molecule has 0 saturated heterocycles. The fourth-order valence-electron chi connectivity index (χ4n) is 1.10. The van der Waals surface area contributed by atoms with Gasteiger partial charge in [0.2, 0.25) is 0 Å². The number of hydrogen-bond acceptors (Lipinski definition) is 2. The number of anilines is 1. The van der Waals surface area contributed by atoms with Crippen LogP contribution in [0.1, 0.15) is 12.5 Å². The van der Waals surface area contributed by atoms with Crippen molar-refractivity contribution in [2.45, 2.75) is 6.92 Å². The van der Waals surface area contributed by atoms with Crippen molar-refractivity contribution in [3.05, 3.63) is 29.8 Å². The van der Waals surface area contributed by atoms with E-state index in [1.54, 1.807) is 6.07 Å². The minimum Gasteiger partial charge on any atom is -0.363 e. The SMILES string of the molecule is CC#CCN(C)c1cccc(C#N)c1. The Labute approximate surface area is 84.8 Å².